The van der Waals surface area contributed by atoms with Crippen LogP contribution < -0.4 is 16.4 Å². The van der Waals surface area contributed by atoms with Crippen molar-refractivity contribution >= 4 is 28.8 Å². The molecule has 0 spiro atoms. The van der Waals surface area contributed by atoms with E-state index in [2.05, 4.69) is 15.6 Å². The Hall–Kier alpha value is -2.70. The van der Waals surface area contributed by atoms with Crippen LogP contribution in [0.25, 0.3) is 0 Å². The SMILES string of the molecule is Nc1ccc(C(F)F)nc1Nc1ccc2c(c1)CC(=O)N2. The van der Waals surface area contributed by atoms with Crippen LogP contribution in [0.2, 0.25) is 0 Å². The summed E-state index contributed by atoms with van der Waals surface area (Å²) in [5.74, 6) is 0.101. The van der Waals surface area contributed by atoms with Crippen molar-refractivity contribution in [3.8, 4) is 0 Å². The minimum absolute atomic E-state index is 0.0699. The molecule has 0 aliphatic carbocycles. The monoisotopic (exact) mass is 290 g/mol. The number of nitrogen functional groups attached to an aromatic ring is 1. The molecule has 0 radical (unpaired) electrons. The number of fused-ring (bicyclic) bond motifs is 1. The Labute approximate surface area is 119 Å². The van der Waals surface area contributed by atoms with Gasteiger partial charge in [0.05, 0.1) is 12.1 Å². The minimum Gasteiger partial charge on any atom is -0.396 e. The predicted octanol–water partition coefficient (Wildman–Crippen LogP) is 2.84. The second kappa shape index (κ2) is 5.01. The third-order valence-electron chi connectivity index (χ3n) is 3.16. The van der Waals surface area contributed by atoms with Crippen molar-refractivity contribution in [3.63, 3.8) is 0 Å². The van der Waals surface area contributed by atoms with Gasteiger partial charge in [-0.25, -0.2) is 13.8 Å². The molecule has 1 aromatic heterocycles. The molecule has 1 aliphatic rings. The van der Waals surface area contributed by atoms with E-state index in [0.717, 1.165) is 11.3 Å². The van der Waals surface area contributed by atoms with Gasteiger partial charge in [-0.3, -0.25) is 4.79 Å². The molecule has 3 rings (SSSR count). The zero-order chi connectivity index (χ0) is 15.0. The van der Waals surface area contributed by atoms with E-state index in [4.69, 9.17) is 5.73 Å². The van der Waals surface area contributed by atoms with Gasteiger partial charge < -0.3 is 16.4 Å². The lowest BCUT2D eigenvalue weighted by molar-refractivity contribution is -0.115. The van der Waals surface area contributed by atoms with Gasteiger partial charge in [0, 0.05) is 11.4 Å². The van der Waals surface area contributed by atoms with Crippen LogP contribution in [0.1, 0.15) is 17.7 Å². The maximum atomic E-state index is 12.7. The molecular formula is C14H12F2N4O. The quantitative estimate of drug-likeness (QED) is 0.812. The molecule has 2 aromatic rings. The molecule has 1 aromatic carbocycles. The van der Waals surface area contributed by atoms with Crippen LogP contribution in [0.15, 0.2) is 30.3 Å². The summed E-state index contributed by atoms with van der Waals surface area (Å²) in [5.41, 5.74) is 7.90. The predicted molar refractivity (Wildman–Crippen MR) is 75.7 cm³/mol. The summed E-state index contributed by atoms with van der Waals surface area (Å²) < 4.78 is 25.3. The molecule has 21 heavy (non-hydrogen) atoms. The number of nitrogens with two attached hydrogens (primary N) is 1. The third-order valence-corrected chi connectivity index (χ3v) is 3.16. The molecular weight excluding hydrogens is 278 g/mol. The fourth-order valence-corrected chi connectivity index (χ4v) is 2.15. The fourth-order valence-electron chi connectivity index (χ4n) is 2.15. The van der Waals surface area contributed by atoms with E-state index >= 15 is 0 Å². The lowest BCUT2D eigenvalue weighted by atomic mass is 10.1. The Bertz CT molecular complexity index is 718. The van der Waals surface area contributed by atoms with E-state index in [1.165, 1.54) is 12.1 Å². The molecule has 5 nitrogen and oxygen atoms in total. The summed E-state index contributed by atoms with van der Waals surface area (Å²) in [6, 6.07) is 7.81. The highest BCUT2D eigenvalue weighted by Crippen LogP contribution is 2.29. The van der Waals surface area contributed by atoms with Crippen molar-refractivity contribution in [2.45, 2.75) is 12.8 Å². The average molecular weight is 290 g/mol. The van der Waals surface area contributed by atoms with Crippen molar-refractivity contribution < 1.29 is 13.6 Å². The van der Waals surface area contributed by atoms with E-state index in [-0.39, 0.29) is 23.1 Å². The number of aromatic nitrogens is 1. The van der Waals surface area contributed by atoms with Gasteiger partial charge in [0.15, 0.2) is 5.82 Å². The largest absolute Gasteiger partial charge is 0.396 e. The molecule has 4 N–H and O–H groups in total. The van der Waals surface area contributed by atoms with Crippen LogP contribution in [-0.2, 0) is 11.2 Å². The Morgan fingerprint density at radius 2 is 2.10 bits per heavy atom. The van der Waals surface area contributed by atoms with Gasteiger partial charge in [-0.05, 0) is 35.9 Å². The van der Waals surface area contributed by atoms with Crippen LogP contribution in [0, 0.1) is 0 Å². The van der Waals surface area contributed by atoms with Gasteiger partial charge >= 0.3 is 0 Å². The topological polar surface area (TPSA) is 80.0 Å². The molecule has 0 atom stereocenters. The highest BCUT2D eigenvalue weighted by molar-refractivity contribution is 5.99. The summed E-state index contributed by atoms with van der Waals surface area (Å²) in [4.78, 5) is 15.1. The zero-order valence-corrected chi connectivity index (χ0v) is 10.9. The van der Waals surface area contributed by atoms with Gasteiger partial charge in [0.25, 0.3) is 6.43 Å². The Balaban J connectivity index is 1.89. The maximum absolute atomic E-state index is 12.7. The molecule has 0 saturated heterocycles. The number of rotatable bonds is 3. The van der Waals surface area contributed by atoms with E-state index < -0.39 is 6.43 Å². The summed E-state index contributed by atoms with van der Waals surface area (Å²) in [6.07, 6.45) is -2.36. The summed E-state index contributed by atoms with van der Waals surface area (Å²) in [5, 5.41) is 5.62. The zero-order valence-electron chi connectivity index (χ0n) is 10.9. The number of carbonyl (C=O) groups is 1. The van der Waals surface area contributed by atoms with Gasteiger partial charge in [0.1, 0.15) is 5.69 Å². The van der Waals surface area contributed by atoms with Crippen LogP contribution in [0.4, 0.5) is 31.7 Å². The molecule has 7 heteroatoms. The average Bonchev–Trinajstić information content (AvgIpc) is 2.80. The van der Waals surface area contributed by atoms with Gasteiger partial charge in [-0.15, -0.1) is 0 Å². The number of alkyl halides is 2. The first-order valence-corrected chi connectivity index (χ1v) is 6.27. The second-order valence-corrected chi connectivity index (χ2v) is 4.70. The minimum atomic E-state index is -2.66. The van der Waals surface area contributed by atoms with Crippen molar-refractivity contribution in [2.24, 2.45) is 0 Å². The molecule has 0 saturated carbocycles. The lowest BCUT2D eigenvalue weighted by Gasteiger charge is -2.11. The number of nitrogens with one attached hydrogen (secondary N) is 2. The number of nitrogens with zero attached hydrogens (tertiary/aromatic N) is 1. The van der Waals surface area contributed by atoms with Gasteiger partial charge in [0.2, 0.25) is 5.91 Å². The highest BCUT2D eigenvalue weighted by Gasteiger charge is 2.18. The number of benzene rings is 1. The van der Waals surface area contributed by atoms with Crippen molar-refractivity contribution in [2.75, 3.05) is 16.4 Å². The molecule has 0 fully saturated rings. The van der Waals surface area contributed by atoms with Crippen molar-refractivity contribution in [1.82, 2.24) is 4.98 Å². The van der Waals surface area contributed by atoms with E-state index in [1.54, 1.807) is 18.2 Å². The van der Waals surface area contributed by atoms with Crippen LogP contribution >= 0.6 is 0 Å². The fraction of sp³-hybridized carbons (Fsp3) is 0.143. The molecule has 0 unspecified atom stereocenters. The third kappa shape index (κ3) is 2.62. The van der Waals surface area contributed by atoms with E-state index in [1.807, 2.05) is 0 Å². The number of halogens is 2. The summed E-state index contributed by atoms with van der Waals surface area (Å²) in [6.45, 7) is 0. The normalized spacial score (nSPS) is 13.2. The van der Waals surface area contributed by atoms with Crippen molar-refractivity contribution in [3.05, 3.63) is 41.6 Å². The standard InChI is InChI=1S/C14H12F2N4O/c15-13(16)11-4-2-9(17)14(20-11)18-8-1-3-10-7(5-8)6-12(21)19-10/h1-5,13H,6,17H2,(H,18,20)(H,19,21). The Kier molecular flexibility index (Phi) is 3.17. The number of pyridine rings is 1. The molecule has 108 valence electrons. The number of amides is 1. The maximum Gasteiger partial charge on any atom is 0.280 e. The highest BCUT2D eigenvalue weighted by atomic mass is 19.3. The first-order valence-electron chi connectivity index (χ1n) is 6.27. The number of carbonyl (C=O) groups excluding carboxylic acids is 1. The lowest BCUT2D eigenvalue weighted by Crippen LogP contribution is -2.03. The summed E-state index contributed by atoms with van der Waals surface area (Å²) in [7, 11) is 0. The van der Waals surface area contributed by atoms with E-state index in [9.17, 15) is 13.6 Å². The number of hydrogen-bond donors (Lipinski definition) is 3. The van der Waals surface area contributed by atoms with E-state index in [0.29, 0.717) is 12.1 Å². The number of anilines is 4. The van der Waals surface area contributed by atoms with Gasteiger partial charge in [-0.1, -0.05) is 0 Å². The van der Waals surface area contributed by atoms with Crippen LogP contribution in [0.5, 0.6) is 0 Å². The first-order chi connectivity index (χ1) is 10.0. The number of hydrogen-bond acceptors (Lipinski definition) is 4. The van der Waals surface area contributed by atoms with Crippen molar-refractivity contribution in [1.29, 1.82) is 0 Å². The van der Waals surface area contributed by atoms with Gasteiger partial charge in [-0.2, -0.15) is 0 Å². The van der Waals surface area contributed by atoms with Crippen LogP contribution in [-0.4, -0.2) is 10.9 Å². The summed E-state index contributed by atoms with van der Waals surface area (Å²) >= 11 is 0. The molecule has 1 amide bonds. The molecule has 2 heterocycles. The first kappa shape index (κ1) is 13.3. The molecule has 1 aliphatic heterocycles. The Morgan fingerprint density at radius 3 is 2.86 bits per heavy atom. The second-order valence-electron chi connectivity index (χ2n) is 4.70. The van der Waals surface area contributed by atoms with Crippen LogP contribution in [0.3, 0.4) is 0 Å². The molecule has 0 bridgehead atoms. The smallest absolute Gasteiger partial charge is 0.280 e. The Morgan fingerprint density at radius 1 is 1.29 bits per heavy atom.